The molecule has 2 N–H and O–H groups in total. The van der Waals surface area contributed by atoms with E-state index < -0.39 is 0 Å². The van der Waals surface area contributed by atoms with Crippen LogP contribution in [0, 0.1) is 0 Å². The average molecular weight is 261 g/mol. The molecule has 1 saturated carbocycles. The third-order valence-electron chi connectivity index (χ3n) is 3.99. The molecule has 2 aliphatic rings. The van der Waals surface area contributed by atoms with Crippen LogP contribution in [0.15, 0.2) is 24.3 Å². The van der Waals surface area contributed by atoms with Crippen molar-refractivity contribution in [2.24, 2.45) is 0 Å². The number of likely N-dealkylation sites (N-methyl/N-ethyl adjacent to an activating group) is 1. The Bertz CT molecular complexity index is 433. The van der Waals surface area contributed by atoms with E-state index in [2.05, 4.69) is 46.4 Å². The summed E-state index contributed by atoms with van der Waals surface area (Å²) in [5, 5.41) is 13.5. The average Bonchev–Trinajstić information content (AvgIpc) is 3.24. The highest BCUT2D eigenvalue weighted by atomic mass is 16.3. The van der Waals surface area contributed by atoms with Crippen molar-refractivity contribution in [2.45, 2.75) is 25.0 Å². The molecule has 1 heterocycles. The number of aliphatic hydroxyl groups is 1. The van der Waals surface area contributed by atoms with Crippen LogP contribution < -0.4 is 15.1 Å². The fourth-order valence-electron chi connectivity index (χ4n) is 2.66. The third-order valence-corrected chi connectivity index (χ3v) is 3.99. The highest BCUT2D eigenvalue weighted by Gasteiger charge is 2.24. The van der Waals surface area contributed by atoms with Crippen molar-refractivity contribution < 1.29 is 5.11 Å². The number of β-amino-alcohol motifs (C(OH)–C–C–N with tert-alkyl or cyclic N) is 1. The first-order valence-electron chi connectivity index (χ1n) is 7.20. The van der Waals surface area contributed by atoms with Gasteiger partial charge < -0.3 is 20.2 Å². The predicted octanol–water partition coefficient (Wildman–Crippen LogP) is 1.06. The molecule has 4 heteroatoms. The zero-order valence-corrected chi connectivity index (χ0v) is 11.5. The lowest BCUT2D eigenvalue weighted by atomic mass is 10.1. The second-order valence-corrected chi connectivity index (χ2v) is 5.69. The predicted molar refractivity (Wildman–Crippen MR) is 79.0 cm³/mol. The molecule has 1 unspecified atom stereocenters. The molecule has 0 radical (unpaired) electrons. The quantitative estimate of drug-likeness (QED) is 0.831. The van der Waals surface area contributed by atoms with Crippen molar-refractivity contribution >= 4 is 11.4 Å². The van der Waals surface area contributed by atoms with Gasteiger partial charge in [0.25, 0.3) is 0 Å². The van der Waals surface area contributed by atoms with E-state index >= 15 is 0 Å². The standard InChI is InChI=1S/C15H23N3O/c1-17-8-9-18(15-5-3-2-4-14(15)17)11-13(19)10-16-12-6-7-12/h2-5,12-13,16,19H,6-11H2,1H3. The van der Waals surface area contributed by atoms with Gasteiger partial charge in [0.1, 0.15) is 0 Å². The van der Waals surface area contributed by atoms with Gasteiger partial charge in [-0.25, -0.2) is 0 Å². The largest absolute Gasteiger partial charge is 0.390 e. The first-order valence-corrected chi connectivity index (χ1v) is 7.20. The van der Waals surface area contributed by atoms with Crippen LogP contribution in [0.25, 0.3) is 0 Å². The first kappa shape index (κ1) is 12.8. The molecule has 3 rings (SSSR count). The number of fused-ring (bicyclic) bond motifs is 1. The monoisotopic (exact) mass is 261 g/mol. The fraction of sp³-hybridized carbons (Fsp3) is 0.600. The van der Waals surface area contributed by atoms with Gasteiger partial charge >= 0.3 is 0 Å². The molecule has 1 aromatic carbocycles. The van der Waals surface area contributed by atoms with Crippen LogP contribution in [0.3, 0.4) is 0 Å². The van der Waals surface area contributed by atoms with E-state index in [1.807, 2.05) is 0 Å². The maximum absolute atomic E-state index is 10.2. The van der Waals surface area contributed by atoms with Crippen LogP contribution in [-0.4, -0.2) is 50.5 Å². The van der Waals surface area contributed by atoms with Crippen LogP contribution in [0.2, 0.25) is 0 Å². The highest BCUT2D eigenvalue weighted by molar-refractivity contribution is 5.73. The van der Waals surface area contributed by atoms with Gasteiger partial charge in [-0.2, -0.15) is 0 Å². The summed E-state index contributed by atoms with van der Waals surface area (Å²) in [5.74, 6) is 0. The van der Waals surface area contributed by atoms with Crippen molar-refractivity contribution in [3.8, 4) is 0 Å². The number of anilines is 2. The third kappa shape index (κ3) is 3.01. The molecule has 0 amide bonds. The van der Waals surface area contributed by atoms with Crippen molar-refractivity contribution in [2.75, 3.05) is 43.0 Å². The van der Waals surface area contributed by atoms with Gasteiger partial charge in [-0.3, -0.25) is 0 Å². The van der Waals surface area contributed by atoms with Crippen molar-refractivity contribution in [1.82, 2.24) is 5.32 Å². The SMILES string of the molecule is CN1CCN(CC(O)CNC2CC2)c2ccccc21. The molecule has 1 aliphatic heterocycles. The Morgan fingerprint density at radius 1 is 1.26 bits per heavy atom. The Hall–Kier alpha value is -1.26. The molecule has 1 aromatic rings. The molecular formula is C15H23N3O. The molecule has 1 aliphatic carbocycles. The lowest BCUT2D eigenvalue weighted by molar-refractivity contribution is 0.176. The van der Waals surface area contributed by atoms with E-state index in [4.69, 9.17) is 0 Å². The summed E-state index contributed by atoms with van der Waals surface area (Å²) in [6, 6.07) is 9.10. The van der Waals surface area contributed by atoms with E-state index in [1.54, 1.807) is 0 Å². The van der Waals surface area contributed by atoms with E-state index in [0.29, 0.717) is 19.1 Å². The zero-order valence-electron chi connectivity index (χ0n) is 11.5. The van der Waals surface area contributed by atoms with Gasteiger partial charge in [-0.05, 0) is 25.0 Å². The summed E-state index contributed by atoms with van der Waals surface area (Å²) in [6.07, 6.45) is 2.24. The summed E-state index contributed by atoms with van der Waals surface area (Å²) in [6.45, 7) is 3.41. The Morgan fingerprint density at radius 2 is 2.00 bits per heavy atom. The molecule has 1 atom stereocenters. The van der Waals surface area contributed by atoms with Crippen LogP contribution in [0.1, 0.15) is 12.8 Å². The molecule has 0 spiro atoms. The van der Waals surface area contributed by atoms with Gasteiger partial charge in [0.05, 0.1) is 17.5 Å². The Labute approximate surface area is 115 Å². The molecule has 0 aromatic heterocycles. The second kappa shape index (κ2) is 5.39. The van der Waals surface area contributed by atoms with Gasteiger partial charge in [0.15, 0.2) is 0 Å². The highest BCUT2D eigenvalue weighted by Crippen LogP contribution is 2.31. The fourth-order valence-corrected chi connectivity index (χ4v) is 2.66. The van der Waals surface area contributed by atoms with Crippen LogP contribution in [-0.2, 0) is 0 Å². The zero-order chi connectivity index (χ0) is 13.2. The number of aliphatic hydroxyl groups excluding tert-OH is 1. The molecule has 4 nitrogen and oxygen atoms in total. The topological polar surface area (TPSA) is 38.7 Å². The van der Waals surface area contributed by atoms with Crippen LogP contribution in [0.4, 0.5) is 11.4 Å². The smallest absolute Gasteiger partial charge is 0.0839 e. The summed E-state index contributed by atoms with van der Waals surface area (Å²) in [7, 11) is 2.13. The van der Waals surface area contributed by atoms with Crippen molar-refractivity contribution in [3.05, 3.63) is 24.3 Å². The summed E-state index contributed by atoms with van der Waals surface area (Å²) in [5.41, 5.74) is 2.50. The van der Waals surface area contributed by atoms with Gasteiger partial charge in [0, 0.05) is 39.3 Å². The van der Waals surface area contributed by atoms with E-state index in [0.717, 1.165) is 13.1 Å². The van der Waals surface area contributed by atoms with Gasteiger partial charge in [-0.1, -0.05) is 12.1 Å². The summed E-state index contributed by atoms with van der Waals surface area (Å²) >= 11 is 0. The Kier molecular flexibility index (Phi) is 3.62. The number of nitrogens with one attached hydrogen (secondary N) is 1. The second-order valence-electron chi connectivity index (χ2n) is 5.69. The number of para-hydroxylation sites is 2. The number of nitrogens with zero attached hydrogens (tertiary/aromatic N) is 2. The lowest BCUT2D eigenvalue weighted by Crippen LogP contribution is -2.45. The normalized spacial score (nSPS) is 20.3. The lowest BCUT2D eigenvalue weighted by Gasteiger charge is -2.38. The van der Waals surface area contributed by atoms with E-state index in [1.165, 1.54) is 24.2 Å². The molecule has 19 heavy (non-hydrogen) atoms. The molecule has 104 valence electrons. The van der Waals surface area contributed by atoms with Crippen molar-refractivity contribution in [1.29, 1.82) is 0 Å². The minimum absolute atomic E-state index is 0.294. The minimum Gasteiger partial charge on any atom is -0.390 e. The van der Waals surface area contributed by atoms with E-state index in [9.17, 15) is 5.11 Å². The Balaban J connectivity index is 1.62. The molecule has 0 bridgehead atoms. The molecule has 1 fully saturated rings. The molecule has 0 saturated heterocycles. The first-order chi connectivity index (χ1) is 9.24. The van der Waals surface area contributed by atoms with Gasteiger partial charge in [-0.15, -0.1) is 0 Å². The number of benzene rings is 1. The Morgan fingerprint density at radius 3 is 2.74 bits per heavy atom. The van der Waals surface area contributed by atoms with Crippen molar-refractivity contribution in [3.63, 3.8) is 0 Å². The van der Waals surface area contributed by atoms with E-state index in [-0.39, 0.29) is 6.10 Å². The number of hydrogen-bond acceptors (Lipinski definition) is 4. The minimum atomic E-state index is -0.294. The van der Waals surface area contributed by atoms with Crippen LogP contribution >= 0.6 is 0 Å². The summed E-state index contributed by atoms with van der Waals surface area (Å²) < 4.78 is 0. The van der Waals surface area contributed by atoms with Crippen LogP contribution in [0.5, 0.6) is 0 Å². The maximum Gasteiger partial charge on any atom is 0.0839 e. The summed E-state index contributed by atoms with van der Waals surface area (Å²) in [4.78, 5) is 4.58. The molecular weight excluding hydrogens is 238 g/mol. The number of rotatable bonds is 5. The number of hydrogen-bond donors (Lipinski definition) is 2. The maximum atomic E-state index is 10.2. The van der Waals surface area contributed by atoms with Gasteiger partial charge in [0.2, 0.25) is 0 Å².